The second-order valence-electron chi connectivity index (χ2n) is 5.51. The van der Waals surface area contributed by atoms with Crippen LogP contribution in [0.3, 0.4) is 0 Å². The molecular weight excluding hydrogens is 393 g/mol. The SMILES string of the molecule is COC(=O)[C@H](Cc1ccccc1)NC(=O)COC(=O)c1c(Cl)cccc1Cl. The lowest BCUT2D eigenvalue weighted by atomic mass is 10.1. The number of amides is 1. The molecule has 0 spiro atoms. The highest BCUT2D eigenvalue weighted by atomic mass is 35.5. The van der Waals surface area contributed by atoms with Crippen LogP contribution in [0.1, 0.15) is 15.9 Å². The molecule has 0 aromatic heterocycles. The first-order valence-corrected chi connectivity index (χ1v) is 8.70. The summed E-state index contributed by atoms with van der Waals surface area (Å²) in [6, 6.07) is 12.8. The minimum atomic E-state index is -0.910. The van der Waals surface area contributed by atoms with Gasteiger partial charge in [0.05, 0.1) is 22.7 Å². The zero-order valence-electron chi connectivity index (χ0n) is 14.4. The minimum absolute atomic E-state index is 0.0255. The van der Waals surface area contributed by atoms with Gasteiger partial charge < -0.3 is 14.8 Å². The molecule has 0 aliphatic rings. The third-order valence-electron chi connectivity index (χ3n) is 3.60. The molecule has 1 amide bonds. The molecule has 142 valence electrons. The van der Waals surface area contributed by atoms with Gasteiger partial charge in [0.15, 0.2) is 6.61 Å². The van der Waals surface area contributed by atoms with E-state index in [4.69, 9.17) is 32.7 Å². The van der Waals surface area contributed by atoms with Gasteiger partial charge in [0, 0.05) is 6.42 Å². The Kier molecular flexibility index (Phi) is 7.64. The maximum Gasteiger partial charge on any atom is 0.341 e. The van der Waals surface area contributed by atoms with Crippen LogP contribution in [0.25, 0.3) is 0 Å². The molecule has 6 nitrogen and oxygen atoms in total. The zero-order chi connectivity index (χ0) is 19.8. The fourth-order valence-corrected chi connectivity index (χ4v) is 2.87. The van der Waals surface area contributed by atoms with Crippen LogP contribution in [0.2, 0.25) is 10.0 Å². The van der Waals surface area contributed by atoms with E-state index in [-0.39, 0.29) is 22.0 Å². The molecule has 27 heavy (non-hydrogen) atoms. The van der Waals surface area contributed by atoms with Gasteiger partial charge >= 0.3 is 11.9 Å². The third-order valence-corrected chi connectivity index (χ3v) is 4.23. The quantitative estimate of drug-likeness (QED) is 0.710. The van der Waals surface area contributed by atoms with Crippen molar-refractivity contribution < 1.29 is 23.9 Å². The van der Waals surface area contributed by atoms with Gasteiger partial charge in [-0.05, 0) is 17.7 Å². The number of benzene rings is 2. The van der Waals surface area contributed by atoms with Crippen molar-refractivity contribution in [3.8, 4) is 0 Å². The summed E-state index contributed by atoms with van der Waals surface area (Å²) in [6.07, 6.45) is 0.240. The fraction of sp³-hybridized carbons (Fsp3) is 0.211. The first kappa shape index (κ1) is 20.7. The molecule has 0 aliphatic heterocycles. The number of carbonyl (C=O) groups is 3. The van der Waals surface area contributed by atoms with Crippen molar-refractivity contribution in [1.82, 2.24) is 5.32 Å². The number of hydrogen-bond donors (Lipinski definition) is 1. The van der Waals surface area contributed by atoms with Crippen molar-refractivity contribution in [3.05, 3.63) is 69.7 Å². The van der Waals surface area contributed by atoms with Gasteiger partial charge in [-0.15, -0.1) is 0 Å². The minimum Gasteiger partial charge on any atom is -0.467 e. The Morgan fingerprint density at radius 3 is 2.22 bits per heavy atom. The van der Waals surface area contributed by atoms with Crippen LogP contribution < -0.4 is 5.32 Å². The Morgan fingerprint density at radius 2 is 1.63 bits per heavy atom. The smallest absolute Gasteiger partial charge is 0.341 e. The summed E-state index contributed by atoms with van der Waals surface area (Å²) in [5.74, 6) is -2.09. The van der Waals surface area contributed by atoms with Crippen molar-refractivity contribution >= 4 is 41.0 Å². The van der Waals surface area contributed by atoms with Crippen LogP contribution >= 0.6 is 23.2 Å². The van der Waals surface area contributed by atoms with Crippen molar-refractivity contribution in [2.24, 2.45) is 0 Å². The molecular formula is C19H17Cl2NO5. The van der Waals surface area contributed by atoms with E-state index >= 15 is 0 Å². The molecule has 2 aromatic carbocycles. The highest BCUT2D eigenvalue weighted by Crippen LogP contribution is 2.24. The Bertz CT molecular complexity index is 806. The second kappa shape index (κ2) is 9.94. The average Bonchev–Trinajstić information content (AvgIpc) is 2.66. The van der Waals surface area contributed by atoms with E-state index in [1.54, 1.807) is 6.07 Å². The lowest BCUT2D eigenvalue weighted by Crippen LogP contribution is -2.44. The molecule has 0 fully saturated rings. The molecule has 0 radical (unpaired) electrons. The first-order chi connectivity index (χ1) is 12.9. The van der Waals surface area contributed by atoms with E-state index in [0.717, 1.165) is 5.56 Å². The second-order valence-corrected chi connectivity index (χ2v) is 6.32. The van der Waals surface area contributed by atoms with Gasteiger partial charge in [-0.3, -0.25) is 4.79 Å². The monoisotopic (exact) mass is 409 g/mol. The van der Waals surface area contributed by atoms with Crippen molar-refractivity contribution in [3.63, 3.8) is 0 Å². The molecule has 0 bridgehead atoms. The maximum absolute atomic E-state index is 12.1. The normalized spacial score (nSPS) is 11.4. The van der Waals surface area contributed by atoms with Gasteiger partial charge in [-0.25, -0.2) is 9.59 Å². The molecule has 0 heterocycles. The molecule has 2 rings (SSSR count). The van der Waals surface area contributed by atoms with Crippen molar-refractivity contribution in [1.29, 1.82) is 0 Å². The van der Waals surface area contributed by atoms with Crippen LogP contribution in [0.15, 0.2) is 48.5 Å². The summed E-state index contributed by atoms with van der Waals surface area (Å²) < 4.78 is 9.66. The summed E-state index contributed by atoms with van der Waals surface area (Å²) in [5.41, 5.74) is 0.815. The highest BCUT2D eigenvalue weighted by molar-refractivity contribution is 6.39. The Balaban J connectivity index is 1.97. The third kappa shape index (κ3) is 5.98. The van der Waals surface area contributed by atoms with Gasteiger partial charge in [-0.2, -0.15) is 0 Å². The number of halogens is 2. The maximum atomic E-state index is 12.1. The predicted molar refractivity (Wildman–Crippen MR) is 101 cm³/mol. The number of methoxy groups -OCH3 is 1. The number of hydrogen-bond acceptors (Lipinski definition) is 5. The number of carbonyl (C=O) groups excluding carboxylic acids is 3. The number of esters is 2. The molecule has 1 N–H and O–H groups in total. The van der Waals surface area contributed by atoms with E-state index in [1.165, 1.54) is 19.2 Å². The first-order valence-electron chi connectivity index (χ1n) is 7.94. The van der Waals surface area contributed by atoms with E-state index in [0.29, 0.717) is 0 Å². The summed E-state index contributed by atoms with van der Waals surface area (Å²) in [6.45, 7) is -0.595. The zero-order valence-corrected chi connectivity index (χ0v) is 15.9. The van der Waals surface area contributed by atoms with E-state index < -0.39 is 30.5 Å². The Morgan fingerprint density at radius 1 is 1.00 bits per heavy atom. The molecule has 0 saturated carbocycles. The van der Waals surface area contributed by atoms with Crippen LogP contribution in [-0.2, 0) is 25.5 Å². The fourth-order valence-electron chi connectivity index (χ4n) is 2.32. The van der Waals surface area contributed by atoms with E-state index in [1.807, 2.05) is 30.3 Å². The summed E-state index contributed by atoms with van der Waals surface area (Å²) in [4.78, 5) is 36.1. The summed E-state index contributed by atoms with van der Waals surface area (Å²) >= 11 is 11.9. The van der Waals surface area contributed by atoms with Crippen molar-refractivity contribution in [2.45, 2.75) is 12.5 Å². The van der Waals surface area contributed by atoms with Crippen LogP contribution in [0, 0.1) is 0 Å². The van der Waals surface area contributed by atoms with Gasteiger partial charge in [0.2, 0.25) is 0 Å². The van der Waals surface area contributed by atoms with E-state index in [2.05, 4.69) is 5.32 Å². The van der Waals surface area contributed by atoms with Crippen molar-refractivity contribution in [2.75, 3.05) is 13.7 Å². The number of ether oxygens (including phenoxy) is 2. The van der Waals surface area contributed by atoms with E-state index in [9.17, 15) is 14.4 Å². The standard InChI is InChI=1S/C19H17Cl2NO5/c1-26-18(24)15(10-12-6-3-2-4-7-12)22-16(23)11-27-19(25)17-13(20)8-5-9-14(17)21/h2-9,15H,10-11H2,1H3,(H,22,23)/t15-/m0/s1. The predicted octanol–water partition coefficient (Wildman–Crippen LogP) is 3.05. The number of rotatable bonds is 7. The molecule has 1 atom stereocenters. The van der Waals surface area contributed by atoms with Crippen LogP contribution in [0.5, 0.6) is 0 Å². The van der Waals surface area contributed by atoms with Gasteiger partial charge in [0.1, 0.15) is 6.04 Å². The van der Waals surface area contributed by atoms with Crippen LogP contribution in [0.4, 0.5) is 0 Å². The topological polar surface area (TPSA) is 81.7 Å². The molecule has 0 unspecified atom stereocenters. The Hall–Kier alpha value is -2.57. The lowest BCUT2D eigenvalue weighted by Gasteiger charge is -2.16. The molecule has 0 saturated heterocycles. The summed E-state index contributed by atoms with van der Waals surface area (Å²) in [5, 5.41) is 2.73. The Labute approximate surface area is 166 Å². The van der Waals surface area contributed by atoms with Gasteiger partial charge in [-0.1, -0.05) is 59.6 Å². The number of nitrogens with one attached hydrogen (secondary N) is 1. The largest absolute Gasteiger partial charge is 0.467 e. The lowest BCUT2D eigenvalue weighted by molar-refractivity contribution is -0.145. The molecule has 0 aliphatic carbocycles. The summed E-state index contributed by atoms with van der Waals surface area (Å²) in [7, 11) is 1.23. The van der Waals surface area contributed by atoms with Gasteiger partial charge in [0.25, 0.3) is 5.91 Å². The van der Waals surface area contributed by atoms with Crippen LogP contribution in [-0.4, -0.2) is 37.6 Å². The molecule has 2 aromatic rings. The molecule has 8 heteroatoms. The highest BCUT2D eigenvalue weighted by Gasteiger charge is 2.23. The average molecular weight is 410 g/mol.